The summed E-state index contributed by atoms with van der Waals surface area (Å²) < 4.78 is 11.8. The molecule has 3 atom stereocenters. The summed E-state index contributed by atoms with van der Waals surface area (Å²) in [4.78, 5) is 59.2. The highest BCUT2D eigenvalue weighted by Gasteiger charge is 2.56. The first-order valence-corrected chi connectivity index (χ1v) is 15.6. The number of likely N-dealkylation sites (tertiary alicyclic amines) is 1. The lowest BCUT2D eigenvalue weighted by Gasteiger charge is -2.30. The fraction of sp³-hybridized carbons (Fsp3) is 0.400. The maximum atomic E-state index is 14.0. The third kappa shape index (κ3) is 5.17. The van der Waals surface area contributed by atoms with Gasteiger partial charge in [0.1, 0.15) is 5.25 Å². The fourth-order valence-corrected chi connectivity index (χ4v) is 8.32. The zero-order valence-electron chi connectivity index (χ0n) is 22.9. The number of hydrogen-bond donors (Lipinski definition) is 1. The topological polar surface area (TPSA) is 109 Å². The van der Waals surface area contributed by atoms with Gasteiger partial charge in [-0.25, -0.2) is 4.90 Å². The van der Waals surface area contributed by atoms with Crippen LogP contribution >= 0.6 is 23.1 Å². The average molecular weight is 594 g/mol. The number of H-pyrrole nitrogens is 1. The Morgan fingerprint density at radius 3 is 2.46 bits per heavy atom. The maximum absolute atomic E-state index is 14.0. The van der Waals surface area contributed by atoms with E-state index in [1.165, 1.54) is 16.7 Å². The number of piperidine rings is 1. The van der Waals surface area contributed by atoms with Crippen LogP contribution in [0.1, 0.15) is 48.1 Å². The number of benzene rings is 2. The molecule has 1 N–H and O–H groups in total. The number of rotatable bonds is 7. The van der Waals surface area contributed by atoms with Crippen LogP contribution in [0.15, 0.2) is 52.3 Å². The highest BCUT2D eigenvalue weighted by atomic mass is 32.2. The lowest BCUT2D eigenvalue weighted by molar-refractivity contribution is -0.134. The van der Waals surface area contributed by atoms with Crippen molar-refractivity contribution in [2.75, 3.05) is 31.2 Å². The quantitative estimate of drug-likeness (QED) is 0.406. The summed E-state index contributed by atoms with van der Waals surface area (Å²) in [5.74, 6) is -1.000. The number of hydrogen-bond acceptors (Lipinski definition) is 8. The lowest BCUT2D eigenvalue weighted by Crippen LogP contribution is -2.38. The maximum Gasteiger partial charge on any atom is 0.305 e. The molecule has 6 rings (SSSR count). The van der Waals surface area contributed by atoms with E-state index in [9.17, 15) is 19.2 Å². The molecule has 0 aliphatic carbocycles. The molecule has 4 heterocycles. The number of aromatic nitrogens is 1. The summed E-state index contributed by atoms with van der Waals surface area (Å²) in [6, 6.07) is 12.7. The van der Waals surface area contributed by atoms with Crippen LogP contribution in [0.5, 0.6) is 11.5 Å². The number of aryl methyl sites for hydroxylation is 1. The number of aromatic amines is 1. The molecule has 3 aliphatic rings. The van der Waals surface area contributed by atoms with Gasteiger partial charge in [-0.2, -0.15) is 0 Å². The zero-order valence-corrected chi connectivity index (χ0v) is 24.5. The fourth-order valence-electron chi connectivity index (χ4n) is 5.80. The summed E-state index contributed by atoms with van der Waals surface area (Å²) in [6.07, 6.45) is 3.14. The highest BCUT2D eigenvalue weighted by Crippen LogP contribution is 2.53. The molecule has 3 amide bonds. The van der Waals surface area contributed by atoms with E-state index < -0.39 is 17.1 Å². The summed E-state index contributed by atoms with van der Waals surface area (Å²) in [5, 5.41) is -0.0660. The number of nitrogens with one attached hydrogen (secondary N) is 1. The van der Waals surface area contributed by atoms with Crippen LogP contribution in [-0.2, 0) is 14.4 Å². The third-order valence-electron chi connectivity index (χ3n) is 7.80. The SMILES string of the molecule is CCOc1cc([C@@H]2c3sc(=O)[nH]c3S[C@H]3C(=O)N(c4ccc(C)cc4)C(=O)[C@@H]23)ccc1OCC(=O)N1CCCCC1. The molecule has 2 saturated heterocycles. The number of anilines is 1. The Morgan fingerprint density at radius 2 is 1.73 bits per heavy atom. The zero-order chi connectivity index (χ0) is 28.7. The molecule has 41 heavy (non-hydrogen) atoms. The van der Waals surface area contributed by atoms with E-state index in [0.717, 1.165) is 59.7 Å². The van der Waals surface area contributed by atoms with Crippen molar-refractivity contribution in [2.45, 2.75) is 49.3 Å². The minimum atomic E-state index is -0.699. The van der Waals surface area contributed by atoms with Crippen LogP contribution in [-0.4, -0.2) is 59.2 Å². The number of fused-ring (bicyclic) bond motifs is 2. The number of ether oxygens (including phenoxy) is 2. The first-order valence-electron chi connectivity index (χ1n) is 13.9. The number of imide groups is 1. The molecule has 214 valence electrons. The molecule has 0 unspecified atom stereocenters. The minimum absolute atomic E-state index is 0.0589. The predicted octanol–water partition coefficient (Wildman–Crippen LogP) is 4.33. The Balaban J connectivity index is 1.34. The Bertz CT molecular complexity index is 1540. The summed E-state index contributed by atoms with van der Waals surface area (Å²) in [5.41, 5.74) is 2.30. The second-order valence-electron chi connectivity index (χ2n) is 10.5. The van der Waals surface area contributed by atoms with Crippen molar-refractivity contribution in [1.29, 1.82) is 0 Å². The van der Waals surface area contributed by atoms with E-state index in [4.69, 9.17) is 9.47 Å². The normalized spacial score (nSPS) is 22.0. The molecular weight excluding hydrogens is 562 g/mol. The van der Waals surface area contributed by atoms with E-state index in [1.807, 2.05) is 43.0 Å². The predicted molar refractivity (Wildman–Crippen MR) is 157 cm³/mol. The van der Waals surface area contributed by atoms with Crippen molar-refractivity contribution in [1.82, 2.24) is 9.88 Å². The highest BCUT2D eigenvalue weighted by molar-refractivity contribution is 8.00. The molecule has 2 fully saturated rings. The Hall–Kier alpha value is -3.57. The van der Waals surface area contributed by atoms with Gasteiger partial charge in [0.15, 0.2) is 18.1 Å². The third-order valence-corrected chi connectivity index (χ3v) is 10.2. The number of thiazole rings is 1. The second kappa shape index (κ2) is 11.4. The number of amides is 3. The van der Waals surface area contributed by atoms with Crippen molar-refractivity contribution >= 4 is 46.5 Å². The summed E-state index contributed by atoms with van der Waals surface area (Å²) >= 11 is 2.31. The number of carbonyl (C=O) groups is 3. The lowest BCUT2D eigenvalue weighted by atomic mass is 9.83. The molecule has 0 bridgehead atoms. The van der Waals surface area contributed by atoms with E-state index in [1.54, 1.807) is 18.2 Å². The molecule has 11 heteroatoms. The molecule has 3 aliphatic heterocycles. The molecule has 0 radical (unpaired) electrons. The molecule has 0 saturated carbocycles. The van der Waals surface area contributed by atoms with Gasteiger partial charge < -0.3 is 19.4 Å². The van der Waals surface area contributed by atoms with Gasteiger partial charge in [-0.3, -0.25) is 19.2 Å². The summed E-state index contributed by atoms with van der Waals surface area (Å²) in [7, 11) is 0. The monoisotopic (exact) mass is 593 g/mol. The number of thioether (sulfide) groups is 1. The Labute approximate surface area is 245 Å². The van der Waals surface area contributed by atoms with Gasteiger partial charge >= 0.3 is 4.87 Å². The minimum Gasteiger partial charge on any atom is -0.490 e. The van der Waals surface area contributed by atoms with Crippen LogP contribution in [0.4, 0.5) is 5.69 Å². The summed E-state index contributed by atoms with van der Waals surface area (Å²) in [6.45, 7) is 5.58. The molecule has 3 aromatic rings. The van der Waals surface area contributed by atoms with Crippen LogP contribution in [0.2, 0.25) is 0 Å². The van der Waals surface area contributed by atoms with Crippen molar-refractivity contribution in [3.8, 4) is 11.5 Å². The molecule has 2 aromatic carbocycles. The van der Waals surface area contributed by atoms with Gasteiger partial charge in [0, 0.05) is 23.9 Å². The molecule has 0 spiro atoms. The van der Waals surface area contributed by atoms with Crippen LogP contribution in [0.3, 0.4) is 0 Å². The number of nitrogens with zero attached hydrogens (tertiary/aromatic N) is 2. The first kappa shape index (κ1) is 27.6. The molecular formula is C30H31N3O6S2. The second-order valence-corrected chi connectivity index (χ2v) is 12.6. The Kier molecular flexibility index (Phi) is 7.65. The first-order chi connectivity index (χ1) is 19.9. The van der Waals surface area contributed by atoms with E-state index in [0.29, 0.717) is 28.8 Å². The number of carbonyl (C=O) groups excluding carboxylic acids is 3. The van der Waals surface area contributed by atoms with E-state index >= 15 is 0 Å². The van der Waals surface area contributed by atoms with Gasteiger partial charge in [0.25, 0.3) is 5.91 Å². The van der Waals surface area contributed by atoms with Gasteiger partial charge in [0.05, 0.1) is 23.2 Å². The van der Waals surface area contributed by atoms with Crippen molar-refractivity contribution in [2.24, 2.45) is 5.92 Å². The molecule has 1 aromatic heterocycles. The standard InChI is InChI=1S/C30H31N3O6S2/c1-3-38-21-15-18(9-12-20(21)39-16-22(34)32-13-5-4-6-14-32)23-24-26(40-27-25(23)41-30(37)31-27)29(36)33(28(24)35)19-10-7-17(2)8-11-19/h7-12,15,23-24,26H,3-6,13-14,16H2,1-2H3,(H,31,37)/t23-,24-,26+/m0/s1. The van der Waals surface area contributed by atoms with Crippen molar-refractivity contribution in [3.63, 3.8) is 0 Å². The van der Waals surface area contributed by atoms with Gasteiger partial charge in [-0.15, -0.1) is 0 Å². The van der Waals surface area contributed by atoms with Gasteiger partial charge in [-0.1, -0.05) is 46.9 Å². The van der Waals surface area contributed by atoms with Crippen LogP contribution in [0, 0.1) is 12.8 Å². The van der Waals surface area contributed by atoms with Crippen molar-refractivity contribution in [3.05, 3.63) is 68.1 Å². The van der Waals surface area contributed by atoms with Crippen molar-refractivity contribution < 1.29 is 23.9 Å². The Morgan fingerprint density at radius 1 is 0.976 bits per heavy atom. The smallest absolute Gasteiger partial charge is 0.305 e. The average Bonchev–Trinajstić information content (AvgIpc) is 3.47. The van der Waals surface area contributed by atoms with Gasteiger partial charge in [-0.05, 0) is 62.9 Å². The molecule has 9 nitrogen and oxygen atoms in total. The van der Waals surface area contributed by atoms with Crippen LogP contribution < -0.4 is 19.2 Å². The van der Waals surface area contributed by atoms with Crippen LogP contribution in [0.25, 0.3) is 0 Å². The van der Waals surface area contributed by atoms with E-state index in [2.05, 4.69) is 4.98 Å². The van der Waals surface area contributed by atoms with E-state index in [-0.39, 0.29) is 29.2 Å². The van der Waals surface area contributed by atoms with Gasteiger partial charge in [0.2, 0.25) is 11.8 Å². The largest absolute Gasteiger partial charge is 0.490 e.